The molecule has 1 aliphatic heterocycles. The zero-order chi connectivity index (χ0) is 15.2. The second-order valence-corrected chi connectivity index (χ2v) is 5.34. The third kappa shape index (κ3) is 3.74. The van der Waals surface area contributed by atoms with Crippen LogP contribution >= 0.6 is 0 Å². The Kier molecular flexibility index (Phi) is 5.20. The summed E-state index contributed by atoms with van der Waals surface area (Å²) in [6, 6.07) is 7.69. The standard InChI is InChI=1S/C16H22N2O3/c1-2-10-17(12-15(19)20)16(21)18-11-6-5-8-13-7-3-4-9-14(13)18/h3-4,7,9H,2,5-6,8,10-12H2,1H3,(H,19,20). The Morgan fingerprint density at radius 1 is 1.29 bits per heavy atom. The number of hydrogen-bond acceptors (Lipinski definition) is 2. The van der Waals surface area contributed by atoms with Gasteiger partial charge in [0, 0.05) is 18.8 Å². The average molecular weight is 290 g/mol. The summed E-state index contributed by atoms with van der Waals surface area (Å²) < 4.78 is 0. The van der Waals surface area contributed by atoms with Gasteiger partial charge in [0.15, 0.2) is 0 Å². The van der Waals surface area contributed by atoms with Crippen LogP contribution in [0.5, 0.6) is 0 Å². The minimum Gasteiger partial charge on any atom is -0.480 e. The molecule has 0 aromatic heterocycles. The molecule has 5 heteroatoms. The van der Waals surface area contributed by atoms with Crippen LogP contribution in [0.25, 0.3) is 0 Å². The van der Waals surface area contributed by atoms with Crippen molar-refractivity contribution in [3.05, 3.63) is 29.8 Å². The van der Waals surface area contributed by atoms with E-state index in [0.29, 0.717) is 13.1 Å². The van der Waals surface area contributed by atoms with Crippen molar-refractivity contribution >= 4 is 17.7 Å². The van der Waals surface area contributed by atoms with E-state index in [1.54, 1.807) is 4.90 Å². The second-order valence-electron chi connectivity index (χ2n) is 5.34. The van der Waals surface area contributed by atoms with Gasteiger partial charge < -0.3 is 10.0 Å². The van der Waals surface area contributed by atoms with Gasteiger partial charge in [0.05, 0.1) is 0 Å². The Bertz CT molecular complexity index is 516. The number of carbonyl (C=O) groups excluding carboxylic acids is 1. The maximum Gasteiger partial charge on any atom is 0.325 e. The first-order valence-electron chi connectivity index (χ1n) is 7.49. The second kappa shape index (κ2) is 7.11. The minimum absolute atomic E-state index is 0.200. The number of carbonyl (C=O) groups is 2. The maximum absolute atomic E-state index is 12.7. The number of hydrogen-bond donors (Lipinski definition) is 1. The molecule has 1 heterocycles. The van der Waals surface area contributed by atoms with Crippen molar-refractivity contribution in [3.63, 3.8) is 0 Å². The van der Waals surface area contributed by atoms with Crippen LogP contribution in [0.15, 0.2) is 24.3 Å². The molecule has 0 spiro atoms. The Morgan fingerprint density at radius 3 is 2.76 bits per heavy atom. The molecule has 0 fully saturated rings. The number of urea groups is 1. The highest BCUT2D eigenvalue weighted by Crippen LogP contribution is 2.27. The summed E-state index contributed by atoms with van der Waals surface area (Å²) in [6.07, 6.45) is 3.70. The Balaban J connectivity index is 2.26. The Morgan fingerprint density at radius 2 is 2.05 bits per heavy atom. The highest BCUT2D eigenvalue weighted by atomic mass is 16.4. The molecule has 5 nitrogen and oxygen atoms in total. The number of aliphatic carboxylic acids is 1. The molecule has 0 unspecified atom stereocenters. The number of anilines is 1. The fourth-order valence-corrected chi connectivity index (χ4v) is 2.74. The lowest BCUT2D eigenvalue weighted by Crippen LogP contribution is -2.46. The van der Waals surface area contributed by atoms with Crippen LogP contribution in [0, 0.1) is 0 Å². The molecule has 1 aromatic carbocycles. The van der Waals surface area contributed by atoms with E-state index in [1.165, 1.54) is 4.90 Å². The summed E-state index contributed by atoms with van der Waals surface area (Å²) >= 11 is 0. The lowest BCUT2D eigenvalue weighted by Gasteiger charge is -2.29. The first-order chi connectivity index (χ1) is 10.1. The van der Waals surface area contributed by atoms with Gasteiger partial charge in [-0.2, -0.15) is 0 Å². The van der Waals surface area contributed by atoms with Crippen molar-refractivity contribution in [2.75, 3.05) is 24.5 Å². The molecule has 0 saturated heterocycles. The Hall–Kier alpha value is -2.04. The van der Waals surface area contributed by atoms with E-state index >= 15 is 0 Å². The van der Waals surface area contributed by atoms with Gasteiger partial charge in [-0.3, -0.25) is 9.69 Å². The van der Waals surface area contributed by atoms with Crippen LogP contribution in [0.4, 0.5) is 10.5 Å². The van der Waals surface area contributed by atoms with Crippen molar-refractivity contribution in [1.82, 2.24) is 4.90 Å². The molecular formula is C16H22N2O3. The molecule has 1 N–H and O–H groups in total. The third-order valence-corrected chi connectivity index (χ3v) is 3.68. The van der Waals surface area contributed by atoms with Crippen molar-refractivity contribution in [2.45, 2.75) is 32.6 Å². The van der Waals surface area contributed by atoms with Crippen LogP contribution in [0.2, 0.25) is 0 Å². The number of nitrogens with zero attached hydrogens (tertiary/aromatic N) is 2. The number of benzene rings is 1. The van der Waals surface area contributed by atoms with E-state index in [2.05, 4.69) is 0 Å². The summed E-state index contributed by atoms with van der Waals surface area (Å²) in [7, 11) is 0. The van der Waals surface area contributed by atoms with Crippen LogP contribution in [-0.4, -0.2) is 41.6 Å². The predicted octanol–water partition coefficient (Wildman–Crippen LogP) is 2.75. The normalized spacial score (nSPS) is 14.2. The van der Waals surface area contributed by atoms with E-state index in [1.807, 2.05) is 31.2 Å². The quantitative estimate of drug-likeness (QED) is 0.927. The fraction of sp³-hybridized carbons (Fsp3) is 0.500. The molecule has 0 atom stereocenters. The van der Waals surface area contributed by atoms with Crippen LogP contribution in [0.1, 0.15) is 31.7 Å². The molecule has 1 aliphatic rings. The lowest BCUT2D eigenvalue weighted by molar-refractivity contribution is -0.137. The molecule has 2 amide bonds. The SMILES string of the molecule is CCCN(CC(=O)O)C(=O)N1CCCCc2ccccc21. The van der Waals surface area contributed by atoms with E-state index in [9.17, 15) is 9.59 Å². The highest BCUT2D eigenvalue weighted by Gasteiger charge is 2.26. The monoisotopic (exact) mass is 290 g/mol. The number of aryl methyl sites for hydroxylation is 1. The molecule has 0 radical (unpaired) electrons. The van der Waals surface area contributed by atoms with Gasteiger partial charge in [-0.1, -0.05) is 25.1 Å². The lowest BCUT2D eigenvalue weighted by atomic mass is 10.1. The number of para-hydroxylation sites is 1. The summed E-state index contributed by atoms with van der Waals surface area (Å²) in [6.45, 7) is 2.81. The van der Waals surface area contributed by atoms with Crippen LogP contribution in [0.3, 0.4) is 0 Å². The van der Waals surface area contributed by atoms with E-state index < -0.39 is 5.97 Å². The number of rotatable bonds is 4. The Labute approximate surface area is 125 Å². The zero-order valence-corrected chi connectivity index (χ0v) is 12.4. The van der Waals surface area contributed by atoms with Gasteiger partial charge in [-0.15, -0.1) is 0 Å². The van der Waals surface area contributed by atoms with Gasteiger partial charge in [0.1, 0.15) is 6.54 Å². The van der Waals surface area contributed by atoms with E-state index in [0.717, 1.165) is 36.9 Å². The van der Waals surface area contributed by atoms with Crippen molar-refractivity contribution in [2.24, 2.45) is 0 Å². The van der Waals surface area contributed by atoms with Gasteiger partial charge in [-0.05, 0) is 37.3 Å². The summed E-state index contributed by atoms with van der Waals surface area (Å²) in [4.78, 5) is 26.9. The first-order valence-corrected chi connectivity index (χ1v) is 7.49. The number of fused-ring (bicyclic) bond motifs is 1. The first kappa shape index (κ1) is 15.4. The minimum atomic E-state index is -0.972. The largest absolute Gasteiger partial charge is 0.480 e. The summed E-state index contributed by atoms with van der Waals surface area (Å²) in [5.41, 5.74) is 2.08. The number of carboxylic acids is 1. The number of carboxylic acid groups (broad SMARTS) is 1. The number of amides is 2. The van der Waals surface area contributed by atoms with Gasteiger partial charge in [0.25, 0.3) is 0 Å². The smallest absolute Gasteiger partial charge is 0.325 e. The summed E-state index contributed by atoms with van der Waals surface area (Å²) in [5.74, 6) is -0.972. The molecule has 0 saturated carbocycles. The molecule has 1 aromatic rings. The molecule has 2 rings (SSSR count). The molecule has 114 valence electrons. The van der Waals surface area contributed by atoms with Crippen molar-refractivity contribution < 1.29 is 14.7 Å². The van der Waals surface area contributed by atoms with Gasteiger partial charge in [-0.25, -0.2) is 4.79 Å². The van der Waals surface area contributed by atoms with E-state index in [4.69, 9.17) is 5.11 Å². The van der Waals surface area contributed by atoms with Gasteiger partial charge in [0.2, 0.25) is 0 Å². The zero-order valence-electron chi connectivity index (χ0n) is 12.4. The van der Waals surface area contributed by atoms with Crippen molar-refractivity contribution in [1.29, 1.82) is 0 Å². The van der Waals surface area contributed by atoms with Crippen LogP contribution in [-0.2, 0) is 11.2 Å². The van der Waals surface area contributed by atoms with E-state index in [-0.39, 0.29) is 12.6 Å². The fourth-order valence-electron chi connectivity index (χ4n) is 2.74. The van der Waals surface area contributed by atoms with Crippen molar-refractivity contribution in [3.8, 4) is 0 Å². The van der Waals surface area contributed by atoms with Gasteiger partial charge >= 0.3 is 12.0 Å². The summed E-state index contributed by atoms with van der Waals surface area (Å²) in [5, 5.41) is 9.00. The van der Waals surface area contributed by atoms with Crippen LogP contribution < -0.4 is 4.90 Å². The maximum atomic E-state index is 12.7. The average Bonchev–Trinajstić information content (AvgIpc) is 2.68. The third-order valence-electron chi connectivity index (χ3n) is 3.68. The molecule has 21 heavy (non-hydrogen) atoms. The topological polar surface area (TPSA) is 60.9 Å². The molecular weight excluding hydrogens is 268 g/mol. The molecule has 0 bridgehead atoms. The molecule has 0 aliphatic carbocycles. The highest BCUT2D eigenvalue weighted by molar-refractivity contribution is 5.94. The predicted molar refractivity (Wildman–Crippen MR) is 81.6 cm³/mol.